The van der Waals surface area contributed by atoms with Crippen molar-refractivity contribution >= 4 is 5.91 Å². The summed E-state index contributed by atoms with van der Waals surface area (Å²) in [6, 6.07) is 3.62. The molecule has 22 heavy (non-hydrogen) atoms. The van der Waals surface area contributed by atoms with Crippen LogP contribution in [-0.4, -0.2) is 29.7 Å². The maximum Gasteiger partial charge on any atom is 0.405 e. The molecule has 0 aliphatic carbocycles. The van der Waals surface area contributed by atoms with Crippen LogP contribution in [0.4, 0.5) is 17.6 Å². The molecule has 1 atom stereocenters. The van der Waals surface area contributed by atoms with Crippen molar-refractivity contribution in [1.82, 2.24) is 10.4 Å². The highest BCUT2D eigenvalue weighted by atomic mass is 19.4. The van der Waals surface area contributed by atoms with E-state index in [0.717, 1.165) is 5.01 Å². The van der Waals surface area contributed by atoms with Crippen LogP contribution in [0.25, 0.3) is 0 Å². The molecule has 1 heterocycles. The molecule has 0 radical (unpaired) electrons. The molecule has 0 spiro atoms. The number of rotatable bonds is 4. The number of nitrogens with one attached hydrogen (secondary N) is 1. The van der Waals surface area contributed by atoms with E-state index in [1.807, 2.05) is 0 Å². The van der Waals surface area contributed by atoms with Gasteiger partial charge in [-0.2, -0.15) is 13.2 Å². The Hall–Kier alpha value is -1.63. The molecule has 1 aliphatic heterocycles. The molecule has 2 rings (SSSR count). The molecule has 7 heteroatoms. The summed E-state index contributed by atoms with van der Waals surface area (Å²) in [6.07, 6.45) is -4.50. The van der Waals surface area contributed by atoms with Gasteiger partial charge in [-0.25, -0.2) is 9.40 Å². The minimum atomic E-state index is -4.45. The second-order valence-corrected chi connectivity index (χ2v) is 6.18. The van der Waals surface area contributed by atoms with Gasteiger partial charge in [-0.1, -0.05) is 12.1 Å². The Morgan fingerprint density at radius 2 is 1.86 bits per heavy atom. The zero-order valence-corrected chi connectivity index (χ0v) is 12.4. The van der Waals surface area contributed by atoms with Crippen LogP contribution in [0.2, 0.25) is 0 Å². The molecule has 1 fully saturated rings. The number of halogens is 4. The summed E-state index contributed by atoms with van der Waals surface area (Å²) in [5.74, 6) is -0.840. The maximum absolute atomic E-state index is 13.3. The van der Waals surface area contributed by atoms with Crippen LogP contribution in [0, 0.1) is 11.2 Å². The molecule has 1 unspecified atom stereocenters. The lowest BCUT2D eigenvalue weighted by atomic mass is 9.94. The molecule has 1 amide bonds. The minimum absolute atomic E-state index is 0.000568. The number of carbonyl (C=O) groups is 1. The molecule has 1 aliphatic rings. The van der Waals surface area contributed by atoms with E-state index in [2.05, 4.69) is 5.43 Å². The number of hydrogen-bond acceptors (Lipinski definition) is 2. The molecule has 0 bridgehead atoms. The summed E-state index contributed by atoms with van der Waals surface area (Å²) < 4.78 is 52.6. The number of carbonyl (C=O) groups excluding carboxylic acids is 1. The molecule has 0 saturated carbocycles. The lowest BCUT2D eigenvalue weighted by Gasteiger charge is -2.29. The van der Waals surface area contributed by atoms with E-state index < -0.39 is 29.4 Å². The van der Waals surface area contributed by atoms with Crippen LogP contribution < -0.4 is 5.43 Å². The highest BCUT2D eigenvalue weighted by Crippen LogP contribution is 2.33. The summed E-state index contributed by atoms with van der Waals surface area (Å²) in [5, 5.41) is 0.964. The Kier molecular flexibility index (Phi) is 4.47. The van der Waals surface area contributed by atoms with Crippen LogP contribution in [-0.2, 0) is 11.2 Å². The standard InChI is InChI=1S/C15H18F4N2O/c1-14(2)9-21(20-13(14)22)12(15(17,18)19)8-5-10-3-6-11(16)7-4-10/h3-4,6-7,12H,5,8-9H2,1-2H3,(H,20,22). The zero-order chi connectivity index (χ0) is 16.5. The number of benzene rings is 1. The third-order valence-corrected chi connectivity index (χ3v) is 3.80. The smallest absolute Gasteiger partial charge is 0.288 e. The van der Waals surface area contributed by atoms with Crippen molar-refractivity contribution in [2.24, 2.45) is 5.41 Å². The summed E-state index contributed by atoms with van der Waals surface area (Å²) in [4.78, 5) is 11.7. The predicted molar refractivity (Wildman–Crippen MR) is 73.2 cm³/mol. The summed E-state index contributed by atoms with van der Waals surface area (Å²) >= 11 is 0. The van der Waals surface area contributed by atoms with Crippen molar-refractivity contribution in [3.8, 4) is 0 Å². The lowest BCUT2D eigenvalue weighted by molar-refractivity contribution is -0.190. The number of hydrogen-bond donors (Lipinski definition) is 1. The Morgan fingerprint density at radius 3 is 2.32 bits per heavy atom. The quantitative estimate of drug-likeness (QED) is 0.866. The summed E-state index contributed by atoms with van der Waals surface area (Å²) in [6.45, 7) is 3.21. The van der Waals surface area contributed by atoms with Crippen molar-refractivity contribution in [2.75, 3.05) is 6.54 Å². The molecular weight excluding hydrogens is 300 g/mol. The van der Waals surface area contributed by atoms with E-state index in [1.165, 1.54) is 24.3 Å². The van der Waals surface area contributed by atoms with Gasteiger partial charge >= 0.3 is 6.18 Å². The van der Waals surface area contributed by atoms with Gasteiger partial charge in [-0.3, -0.25) is 10.2 Å². The van der Waals surface area contributed by atoms with Crippen LogP contribution >= 0.6 is 0 Å². The molecule has 1 aromatic carbocycles. The molecular formula is C15H18F4N2O. The van der Waals surface area contributed by atoms with E-state index in [4.69, 9.17) is 0 Å². The molecule has 3 nitrogen and oxygen atoms in total. The first-order chi connectivity index (χ1) is 10.1. The van der Waals surface area contributed by atoms with Gasteiger partial charge in [0.2, 0.25) is 5.91 Å². The molecule has 1 saturated heterocycles. The predicted octanol–water partition coefficient (Wildman–Crippen LogP) is 3.06. The van der Waals surface area contributed by atoms with E-state index >= 15 is 0 Å². The Bertz CT molecular complexity index is 539. The largest absolute Gasteiger partial charge is 0.405 e. The normalized spacial score (nSPS) is 20.0. The number of amides is 1. The third kappa shape index (κ3) is 3.76. The zero-order valence-electron chi connectivity index (χ0n) is 12.4. The van der Waals surface area contributed by atoms with Crippen molar-refractivity contribution in [1.29, 1.82) is 0 Å². The van der Waals surface area contributed by atoms with Gasteiger partial charge in [0.1, 0.15) is 11.9 Å². The highest BCUT2D eigenvalue weighted by molar-refractivity contribution is 5.83. The second kappa shape index (κ2) is 5.87. The maximum atomic E-state index is 13.3. The van der Waals surface area contributed by atoms with Gasteiger partial charge in [-0.15, -0.1) is 0 Å². The van der Waals surface area contributed by atoms with E-state index in [9.17, 15) is 22.4 Å². The fraction of sp³-hybridized carbons (Fsp3) is 0.533. The monoisotopic (exact) mass is 318 g/mol. The average molecular weight is 318 g/mol. The first kappa shape index (κ1) is 16.7. The van der Waals surface area contributed by atoms with E-state index in [1.54, 1.807) is 13.8 Å². The van der Waals surface area contributed by atoms with Gasteiger partial charge in [0, 0.05) is 6.54 Å². The molecule has 1 aromatic rings. The van der Waals surface area contributed by atoms with Crippen molar-refractivity contribution in [2.45, 2.75) is 38.9 Å². The first-order valence-corrected chi connectivity index (χ1v) is 6.98. The average Bonchev–Trinajstić information content (AvgIpc) is 2.64. The van der Waals surface area contributed by atoms with Crippen LogP contribution in [0.1, 0.15) is 25.8 Å². The summed E-state index contributed by atoms with van der Waals surface area (Å²) in [7, 11) is 0. The number of nitrogens with zero attached hydrogens (tertiary/aromatic N) is 1. The second-order valence-electron chi connectivity index (χ2n) is 6.18. The van der Waals surface area contributed by atoms with E-state index in [-0.39, 0.29) is 19.4 Å². The SMILES string of the molecule is CC1(C)CN(C(CCc2ccc(F)cc2)C(F)(F)F)NC1=O. The van der Waals surface area contributed by atoms with E-state index in [0.29, 0.717) is 5.56 Å². The van der Waals surface area contributed by atoms with Gasteiger partial charge < -0.3 is 0 Å². The van der Waals surface area contributed by atoms with Crippen LogP contribution in [0.15, 0.2) is 24.3 Å². The van der Waals surface area contributed by atoms with Crippen molar-refractivity contribution in [3.05, 3.63) is 35.6 Å². The van der Waals surface area contributed by atoms with Crippen LogP contribution in [0.3, 0.4) is 0 Å². The van der Waals surface area contributed by atoms with Gasteiger partial charge in [0.25, 0.3) is 0 Å². The fourth-order valence-corrected chi connectivity index (χ4v) is 2.46. The fourth-order valence-electron chi connectivity index (χ4n) is 2.46. The van der Waals surface area contributed by atoms with Gasteiger partial charge in [0.05, 0.1) is 5.41 Å². The van der Waals surface area contributed by atoms with Crippen molar-refractivity contribution < 1.29 is 22.4 Å². The Morgan fingerprint density at radius 1 is 1.27 bits per heavy atom. The Labute approximate surface area is 126 Å². The van der Waals surface area contributed by atoms with Gasteiger partial charge in [-0.05, 0) is 44.4 Å². The minimum Gasteiger partial charge on any atom is -0.288 e. The first-order valence-electron chi connectivity index (χ1n) is 6.98. The third-order valence-electron chi connectivity index (χ3n) is 3.80. The van der Waals surface area contributed by atoms with Gasteiger partial charge in [0.15, 0.2) is 0 Å². The number of alkyl halides is 3. The lowest BCUT2D eigenvalue weighted by Crippen LogP contribution is -2.50. The Balaban J connectivity index is 2.08. The topological polar surface area (TPSA) is 32.3 Å². The highest BCUT2D eigenvalue weighted by Gasteiger charge is 2.49. The van der Waals surface area contributed by atoms with Crippen molar-refractivity contribution in [3.63, 3.8) is 0 Å². The molecule has 122 valence electrons. The molecule has 0 aromatic heterocycles. The molecule has 1 N–H and O–H groups in total. The number of hydrazine groups is 1. The summed E-state index contributed by atoms with van der Waals surface area (Å²) in [5.41, 5.74) is 2.09. The van der Waals surface area contributed by atoms with Crippen LogP contribution in [0.5, 0.6) is 0 Å². The number of aryl methyl sites for hydroxylation is 1.